The number of carbonyl (C=O) groups excluding carboxylic acids is 1. The molecule has 4 aromatic heterocycles. The predicted octanol–water partition coefficient (Wildman–Crippen LogP) is 3.10. The number of nitrogens with one attached hydrogen (secondary N) is 2. The zero-order valence-corrected chi connectivity index (χ0v) is 19.4. The first-order chi connectivity index (χ1) is 17.1. The lowest BCUT2D eigenvalue weighted by Gasteiger charge is -2.33. The number of hydrogen-bond donors (Lipinski definition) is 2. The minimum absolute atomic E-state index is 0.0243. The second-order valence-corrected chi connectivity index (χ2v) is 9.64. The van der Waals surface area contributed by atoms with Gasteiger partial charge in [0, 0.05) is 54.8 Å². The van der Waals surface area contributed by atoms with Crippen molar-refractivity contribution in [2.45, 2.75) is 37.9 Å². The molecular formula is C25H26N8O2. The van der Waals surface area contributed by atoms with Crippen molar-refractivity contribution in [1.29, 1.82) is 0 Å². The van der Waals surface area contributed by atoms with Crippen LogP contribution in [-0.4, -0.2) is 62.8 Å². The monoisotopic (exact) mass is 470 g/mol. The van der Waals surface area contributed by atoms with Gasteiger partial charge in [0.25, 0.3) is 0 Å². The molecule has 2 bridgehead atoms. The van der Waals surface area contributed by atoms with Gasteiger partial charge in [-0.15, -0.1) is 5.10 Å². The quantitative estimate of drug-likeness (QED) is 0.458. The van der Waals surface area contributed by atoms with Crippen LogP contribution in [0, 0.1) is 5.92 Å². The Hall–Kier alpha value is -3.79. The van der Waals surface area contributed by atoms with Gasteiger partial charge in [-0.25, -0.2) is 19.5 Å². The highest BCUT2D eigenvalue weighted by Crippen LogP contribution is 2.34. The van der Waals surface area contributed by atoms with E-state index in [4.69, 9.17) is 14.8 Å². The Balaban J connectivity index is 1.27. The molecule has 3 fully saturated rings. The molecule has 10 heteroatoms. The van der Waals surface area contributed by atoms with Crippen LogP contribution in [0.5, 0.6) is 0 Å². The van der Waals surface area contributed by atoms with Crippen molar-refractivity contribution in [3.63, 3.8) is 0 Å². The summed E-state index contributed by atoms with van der Waals surface area (Å²) in [7, 11) is 1.83. The highest BCUT2D eigenvalue weighted by molar-refractivity contribution is 6.03. The van der Waals surface area contributed by atoms with E-state index >= 15 is 0 Å². The van der Waals surface area contributed by atoms with E-state index in [0.29, 0.717) is 29.7 Å². The van der Waals surface area contributed by atoms with Gasteiger partial charge in [-0.2, -0.15) is 0 Å². The van der Waals surface area contributed by atoms with E-state index in [2.05, 4.69) is 31.6 Å². The SMILES string of the molecule is CNc1ncc(-c2nc3ccc(N4CC5CCC(C4)O5)cn3n2)c2cc(NC(=O)C3CC3)ncc12. The standard InChI is InChI=1S/C25H26N8O2/c1-26-23-19-9-27-21(29-25(34)14-2-3-14)8-18(19)20(10-28-23)24-30-22-7-4-15(11-33(22)31-24)32-12-16-5-6-17(13-32)35-16/h4,7-11,14,16-17H,2-3,5-6,12-13H2,1H3,(H,26,28)(H,27,29,34). The van der Waals surface area contributed by atoms with Crippen molar-refractivity contribution >= 4 is 39.6 Å². The van der Waals surface area contributed by atoms with Crippen LogP contribution in [0.25, 0.3) is 27.8 Å². The number of pyridine rings is 3. The first-order valence-electron chi connectivity index (χ1n) is 12.2. The summed E-state index contributed by atoms with van der Waals surface area (Å²) in [6.45, 7) is 1.82. The maximum Gasteiger partial charge on any atom is 0.228 e. The fourth-order valence-corrected chi connectivity index (χ4v) is 5.15. The van der Waals surface area contributed by atoms with Gasteiger partial charge in [0.15, 0.2) is 11.5 Å². The largest absolute Gasteiger partial charge is 0.373 e. The third-order valence-electron chi connectivity index (χ3n) is 7.17. The maximum absolute atomic E-state index is 12.3. The van der Waals surface area contributed by atoms with Crippen LogP contribution in [-0.2, 0) is 9.53 Å². The van der Waals surface area contributed by atoms with Crippen molar-refractivity contribution in [2.75, 3.05) is 35.7 Å². The molecule has 2 N–H and O–H groups in total. The number of fused-ring (bicyclic) bond motifs is 4. The zero-order valence-electron chi connectivity index (χ0n) is 19.4. The van der Waals surface area contributed by atoms with E-state index < -0.39 is 0 Å². The van der Waals surface area contributed by atoms with E-state index in [-0.39, 0.29) is 11.8 Å². The Morgan fingerprint density at radius 3 is 2.66 bits per heavy atom. The molecule has 7 rings (SSSR count). The van der Waals surface area contributed by atoms with Crippen LogP contribution >= 0.6 is 0 Å². The van der Waals surface area contributed by atoms with Gasteiger partial charge in [-0.05, 0) is 43.9 Å². The van der Waals surface area contributed by atoms with Gasteiger partial charge in [-0.1, -0.05) is 0 Å². The molecule has 0 radical (unpaired) electrons. The molecule has 6 heterocycles. The topological polar surface area (TPSA) is 110 Å². The molecule has 4 aromatic rings. The molecule has 0 spiro atoms. The molecule has 2 saturated heterocycles. The summed E-state index contributed by atoms with van der Waals surface area (Å²) in [6, 6.07) is 5.99. The van der Waals surface area contributed by atoms with Crippen LogP contribution < -0.4 is 15.5 Å². The van der Waals surface area contributed by atoms with E-state index in [1.54, 1.807) is 12.4 Å². The van der Waals surface area contributed by atoms with Crippen LogP contribution in [0.3, 0.4) is 0 Å². The van der Waals surface area contributed by atoms with E-state index in [0.717, 1.165) is 66.4 Å². The second kappa shape index (κ2) is 7.88. The minimum atomic E-state index is 0.0243. The van der Waals surface area contributed by atoms with Gasteiger partial charge < -0.3 is 20.3 Å². The van der Waals surface area contributed by atoms with Crippen molar-refractivity contribution < 1.29 is 9.53 Å². The normalized spacial score (nSPS) is 21.6. The predicted molar refractivity (Wildman–Crippen MR) is 133 cm³/mol. The van der Waals surface area contributed by atoms with E-state index in [9.17, 15) is 4.79 Å². The number of morpholine rings is 1. The van der Waals surface area contributed by atoms with Gasteiger partial charge >= 0.3 is 0 Å². The molecule has 3 aliphatic rings. The highest BCUT2D eigenvalue weighted by Gasteiger charge is 2.34. The van der Waals surface area contributed by atoms with Crippen molar-refractivity contribution in [3.05, 3.63) is 36.8 Å². The minimum Gasteiger partial charge on any atom is -0.373 e. The Kier molecular flexibility index (Phi) is 4.63. The lowest BCUT2D eigenvalue weighted by atomic mass is 10.1. The number of amides is 1. The van der Waals surface area contributed by atoms with Gasteiger partial charge in [-0.3, -0.25) is 4.79 Å². The Bertz CT molecular complexity index is 1450. The average Bonchev–Trinajstić information content (AvgIpc) is 3.57. The number of nitrogens with zero attached hydrogens (tertiary/aromatic N) is 6. The third-order valence-corrected chi connectivity index (χ3v) is 7.17. The Morgan fingerprint density at radius 2 is 1.89 bits per heavy atom. The van der Waals surface area contributed by atoms with Gasteiger partial charge in [0.05, 0.1) is 24.1 Å². The molecular weight excluding hydrogens is 444 g/mol. The lowest BCUT2D eigenvalue weighted by Crippen LogP contribution is -2.42. The smallest absolute Gasteiger partial charge is 0.228 e. The molecule has 35 heavy (non-hydrogen) atoms. The number of ether oxygens (including phenoxy) is 1. The summed E-state index contributed by atoms with van der Waals surface area (Å²) < 4.78 is 7.82. The van der Waals surface area contributed by atoms with Crippen molar-refractivity contribution in [1.82, 2.24) is 24.6 Å². The Morgan fingerprint density at radius 1 is 1.06 bits per heavy atom. The first kappa shape index (κ1) is 20.6. The summed E-state index contributed by atoms with van der Waals surface area (Å²) >= 11 is 0. The molecule has 2 unspecified atom stereocenters. The van der Waals surface area contributed by atoms with Crippen molar-refractivity contribution in [2.24, 2.45) is 5.92 Å². The number of anilines is 3. The number of aromatic nitrogens is 5. The molecule has 2 atom stereocenters. The summed E-state index contributed by atoms with van der Waals surface area (Å²) in [5, 5.41) is 12.6. The number of carbonyl (C=O) groups is 1. The summed E-state index contributed by atoms with van der Waals surface area (Å²) in [5.74, 6) is 1.95. The fourth-order valence-electron chi connectivity index (χ4n) is 5.15. The summed E-state index contributed by atoms with van der Waals surface area (Å²) in [4.78, 5) is 28.5. The van der Waals surface area contributed by atoms with E-state index in [1.165, 1.54) is 0 Å². The van der Waals surface area contributed by atoms with Crippen LogP contribution in [0.1, 0.15) is 25.7 Å². The second-order valence-electron chi connectivity index (χ2n) is 9.64. The molecule has 178 valence electrons. The Labute approximate surface area is 201 Å². The van der Waals surface area contributed by atoms with Gasteiger partial charge in [0.2, 0.25) is 5.91 Å². The molecule has 10 nitrogen and oxygen atoms in total. The summed E-state index contributed by atoms with van der Waals surface area (Å²) in [6.07, 6.45) is 10.3. The number of rotatable bonds is 5. The van der Waals surface area contributed by atoms with Crippen LogP contribution in [0.15, 0.2) is 36.8 Å². The lowest BCUT2D eigenvalue weighted by molar-refractivity contribution is -0.117. The van der Waals surface area contributed by atoms with Crippen LogP contribution in [0.2, 0.25) is 0 Å². The highest BCUT2D eigenvalue weighted by atomic mass is 16.5. The van der Waals surface area contributed by atoms with Gasteiger partial charge in [0.1, 0.15) is 11.6 Å². The zero-order chi connectivity index (χ0) is 23.5. The third kappa shape index (κ3) is 3.65. The first-order valence-corrected chi connectivity index (χ1v) is 12.2. The molecule has 1 amide bonds. The maximum atomic E-state index is 12.3. The molecule has 1 aliphatic carbocycles. The molecule has 2 aliphatic heterocycles. The molecule has 1 saturated carbocycles. The van der Waals surface area contributed by atoms with Crippen molar-refractivity contribution in [3.8, 4) is 11.4 Å². The van der Waals surface area contributed by atoms with Crippen LogP contribution in [0.4, 0.5) is 17.3 Å². The van der Waals surface area contributed by atoms with E-state index in [1.807, 2.05) is 29.9 Å². The summed E-state index contributed by atoms with van der Waals surface area (Å²) in [5.41, 5.74) is 2.68. The average molecular weight is 471 g/mol. The number of hydrogen-bond acceptors (Lipinski definition) is 8. The fraction of sp³-hybridized carbons (Fsp3) is 0.400. The molecule has 0 aromatic carbocycles.